The summed E-state index contributed by atoms with van der Waals surface area (Å²) in [6, 6.07) is 8.29. The summed E-state index contributed by atoms with van der Waals surface area (Å²) in [6.45, 7) is 0. The maximum Gasteiger partial charge on any atom is 0.188 e. The van der Waals surface area contributed by atoms with E-state index in [0.29, 0.717) is 27.4 Å². The van der Waals surface area contributed by atoms with Gasteiger partial charge in [0.05, 0.1) is 15.6 Å². The van der Waals surface area contributed by atoms with Gasteiger partial charge in [-0.1, -0.05) is 46.7 Å². The summed E-state index contributed by atoms with van der Waals surface area (Å²) in [5.41, 5.74) is 2.15. The smallest absolute Gasteiger partial charge is 0.188 e. The molecule has 2 N–H and O–H groups in total. The van der Waals surface area contributed by atoms with Crippen LogP contribution in [0, 0.1) is 5.82 Å². The Morgan fingerprint density at radius 2 is 2.08 bits per heavy atom. The van der Waals surface area contributed by atoms with E-state index in [1.165, 1.54) is 17.4 Å². The van der Waals surface area contributed by atoms with E-state index in [9.17, 15) is 4.39 Å². The van der Waals surface area contributed by atoms with Crippen LogP contribution in [0.15, 0.2) is 42.7 Å². The number of aromatic amines is 1. The van der Waals surface area contributed by atoms with Crippen LogP contribution in [-0.2, 0) is 6.42 Å². The van der Waals surface area contributed by atoms with Crippen molar-refractivity contribution in [3.05, 3.63) is 69.2 Å². The molecule has 3 heterocycles. The number of benzene rings is 1. The second-order valence-corrected chi connectivity index (χ2v) is 7.26. The van der Waals surface area contributed by atoms with E-state index >= 15 is 0 Å². The first kappa shape index (κ1) is 16.3. The monoisotopic (exact) mass is 392 g/mol. The molecule has 0 fully saturated rings. The summed E-state index contributed by atoms with van der Waals surface area (Å²) >= 11 is 13.7. The highest BCUT2D eigenvalue weighted by Gasteiger charge is 2.14. The Bertz CT molecular complexity index is 1060. The molecule has 4 aromatic rings. The lowest BCUT2D eigenvalue weighted by Crippen LogP contribution is -1.91. The van der Waals surface area contributed by atoms with Gasteiger partial charge in [0.15, 0.2) is 5.13 Å². The van der Waals surface area contributed by atoms with Crippen LogP contribution in [-0.4, -0.2) is 15.0 Å². The molecule has 8 heteroatoms. The summed E-state index contributed by atoms with van der Waals surface area (Å²) < 4.78 is 13.8. The first-order valence-corrected chi connectivity index (χ1v) is 8.95. The fraction of sp³-hybridized carbons (Fsp3) is 0.0588. The van der Waals surface area contributed by atoms with E-state index < -0.39 is 0 Å². The molecule has 0 aliphatic heterocycles. The third-order valence-electron chi connectivity index (χ3n) is 3.70. The van der Waals surface area contributed by atoms with Crippen LogP contribution < -0.4 is 5.32 Å². The zero-order valence-electron chi connectivity index (χ0n) is 12.7. The fourth-order valence-corrected chi connectivity index (χ4v) is 3.89. The van der Waals surface area contributed by atoms with E-state index in [0.717, 1.165) is 21.5 Å². The van der Waals surface area contributed by atoms with Gasteiger partial charge in [-0.05, 0) is 23.8 Å². The van der Waals surface area contributed by atoms with Crippen molar-refractivity contribution in [2.75, 3.05) is 5.32 Å². The predicted octanol–water partition coefficient (Wildman–Crippen LogP) is 5.80. The summed E-state index contributed by atoms with van der Waals surface area (Å²) in [7, 11) is 0. The standard InChI is InChI=1S/C17H11Cl2FN4S/c18-10-6-11-9(7-21-16(11)22-8-10)5-14-15(19)24-17(25-14)23-13-4-2-1-3-12(13)20/h1-4,6-8H,5H2,(H,21,22)(H,23,24). The fourth-order valence-electron chi connectivity index (χ4n) is 2.52. The van der Waals surface area contributed by atoms with Gasteiger partial charge in [0, 0.05) is 24.2 Å². The molecule has 0 atom stereocenters. The van der Waals surface area contributed by atoms with Crippen LogP contribution in [0.1, 0.15) is 10.4 Å². The van der Waals surface area contributed by atoms with Crippen molar-refractivity contribution in [3.63, 3.8) is 0 Å². The van der Waals surface area contributed by atoms with Gasteiger partial charge in [0.2, 0.25) is 0 Å². The molecule has 25 heavy (non-hydrogen) atoms. The number of hydrogen-bond acceptors (Lipinski definition) is 4. The molecule has 0 saturated heterocycles. The molecule has 0 aliphatic rings. The number of hydrogen-bond donors (Lipinski definition) is 2. The van der Waals surface area contributed by atoms with Crippen LogP contribution in [0.3, 0.4) is 0 Å². The van der Waals surface area contributed by atoms with Crippen molar-refractivity contribution >= 4 is 56.4 Å². The average molecular weight is 393 g/mol. The second kappa shape index (κ2) is 6.63. The minimum atomic E-state index is -0.340. The molecule has 0 aliphatic carbocycles. The van der Waals surface area contributed by atoms with E-state index in [2.05, 4.69) is 20.3 Å². The number of nitrogens with zero attached hydrogens (tertiary/aromatic N) is 2. The number of anilines is 2. The van der Waals surface area contributed by atoms with Crippen molar-refractivity contribution in [1.82, 2.24) is 15.0 Å². The summed E-state index contributed by atoms with van der Waals surface area (Å²) in [5.74, 6) is -0.340. The Morgan fingerprint density at radius 1 is 1.24 bits per heavy atom. The van der Waals surface area contributed by atoms with Gasteiger partial charge >= 0.3 is 0 Å². The number of fused-ring (bicyclic) bond motifs is 1. The van der Waals surface area contributed by atoms with E-state index in [1.54, 1.807) is 24.4 Å². The van der Waals surface area contributed by atoms with Crippen LogP contribution in [0.2, 0.25) is 10.2 Å². The summed E-state index contributed by atoms with van der Waals surface area (Å²) in [6.07, 6.45) is 4.06. The summed E-state index contributed by atoms with van der Waals surface area (Å²) in [4.78, 5) is 12.5. The third kappa shape index (κ3) is 3.33. The zero-order chi connectivity index (χ0) is 17.4. The van der Waals surface area contributed by atoms with Crippen molar-refractivity contribution in [3.8, 4) is 0 Å². The molecule has 0 radical (unpaired) electrons. The van der Waals surface area contributed by atoms with E-state index in [-0.39, 0.29) is 5.82 Å². The predicted molar refractivity (Wildman–Crippen MR) is 101 cm³/mol. The Kier molecular flexibility index (Phi) is 4.33. The van der Waals surface area contributed by atoms with E-state index in [1.807, 2.05) is 12.3 Å². The van der Waals surface area contributed by atoms with Gasteiger partial charge in [0.25, 0.3) is 0 Å². The average Bonchev–Trinajstić information content (AvgIpc) is 3.14. The van der Waals surface area contributed by atoms with Crippen molar-refractivity contribution in [1.29, 1.82) is 0 Å². The Labute approximate surface area is 156 Å². The van der Waals surface area contributed by atoms with Crippen molar-refractivity contribution in [2.24, 2.45) is 0 Å². The Hall–Kier alpha value is -2.15. The number of aromatic nitrogens is 3. The van der Waals surface area contributed by atoms with Gasteiger partial charge in [-0.2, -0.15) is 0 Å². The molecule has 4 rings (SSSR count). The highest BCUT2D eigenvalue weighted by Crippen LogP contribution is 2.33. The third-order valence-corrected chi connectivity index (χ3v) is 5.30. The van der Waals surface area contributed by atoms with Crippen molar-refractivity contribution in [2.45, 2.75) is 6.42 Å². The molecular weight excluding hydrogens is 382 g/mol. The first-order valence-electron chi connectivity index (χ1n) is 7.38. The quantitative estimate of drug-likeness (QED) is 0.461. The molecule has 4 nitrogen and oxygen atoms in total. The van der Waals surface area contributed by atoms with E-state index in [4.69, 9.17) is 23.2 Å². The maximum absolute atomic E-state index is 13.8. The van der Waals surface area contributed by atoms with Gasteiger partial charge in [-0.25, -0.2) is 14.4 Å². The number of rotatable bonds is 4. The number of thiazole rings is 1. The SMILES string of the molecule is Fc1ccccc1Nc1nc(Cl)c(Cc2c[nH]c3ncc(Cl)cc23)s1. The highest BCUT2D eigenvalue weighted by molar-refractivity contribution is 7.16. The molecule has 1 aromatic carbocycles. The normalized spacial score (nSPS) is 11.2. The van der Waals surface area contributed by atoms with Crippen LogP contribution >= 0.6 is 34.5 Å². The topological polar surface area (TPSA) is 53.6 Å². The summed E-state index contributed by atoms with van der Waals surface area (Å²) in [5, 5.41) is 5.42. The minimum Gasteiger partial charge on any atom is -0.346 e. The lowest BCUT2D eigenvalue weighted by atomic mass is 10.1. The zero-order valence-corrected chi connectivity index (χ0v) is 15.0. The van der Waals surface area contributed by atoms with Gasteiger partial charge in [-0.15, -0.1) is 0 Å². The largest absolute Gasteiger partial charge is 0.346 e. The first-order chi connectivity index (χ1) is 12.1. The molecule has 0 saturated carbocycles. The Balaban J connectivity index is 1.62. The van der Waals surface area contributed by atoms with Crippen LogP contribution in [0.4, 0.5) is 15.2 Å². The lowest BCUT2D eigenvalue weighted by Gasteiger charge is -2.02. The second-order valence-electron chi connectivity index (χ2n) is 5.38. The maximum atomic E-state index is 13.8. The molecule has 0 amide bonds. The highest BCUT2D eigenvalue weighted by atomic mass is 35.5. The van der Waals surface area contributed by atoms with Crippen LogP contribution in [0.5, 0.6) is 0 Å². The van der Waals surface area contributed by atoms with Gasteiger partial charge < -0.3 is 10.3 Å². The number of H-pyrrole nitrogens is 1. The van der Waals surface area contributed by atoms with Crippen molar-refractivity contribution < 1.29 is 4.39 Å². The molecule has 0 bridgehead atoms. The molecule has 0 unspecified atom stereocenters. The number of para-hydroxylation sites is 1. The molecule has 3 aromatic heterocycles. The number of pyridine rings is 1. The Morgan fingerprint density at radius 3 is 2.92 bits per heavy atom. The van der Waals surface area contributed by atoms with Gasteiger partial charge in [-0.3, -0.25) is 0 Å². The van der Waals surface area contributed by atoms with Crippen LogP contribution in [0.25, 0.3) is 11.0 Å². The van der Waals surface area contributed by atoms with Gasteiger partial charge in [0.1, 0.15) is 16.6 Å². The molecule has 0 spiro atoms. The molecule has 126 valence electrons. The number of nitrogens with one attached hydrogen (secondary N) is 2. The lowest BCUT2D eigenvalue weighted by molar-refractivity contribution is 0.632. The minimum absolute atomic E-state index is 0.340. The molecular formula is C17H11Cl2FN4S. The number of halogens is 3.